The van der Waals surface area contributed by atoms with E-state index >= 15 is 0 Å². The molecule has 0 spiro atoms. The first-order valence-electron chi connectivity index (χ1n) is 13.2. The van der Waals surface area contributed by atoms with E-state index in [9.17, 15) is 9.59 Å². The average Bonchev–Trinajstić information content (AvgIpc) is 3.17. The normalized spacial score (nSPS) is 18.4. The Morgan fingerprint density at radius 1 is 1.14 bits per heavy atom. The standard InChI is InChI=1S/C28H39N5O2/c1-3-31(4-2)20-16-22-11-7-8-18-32(21-22)19-10-15-26(34)33-25-14-6-5-12-23(25)28(35)30-24-13-9-17-29-27(24)33/h5-6,9,12-14,17,22H,3-4,7-8,10-11,15-16,18-21H2,1-2H3,(H,30,35). The highest BCUT2D eigenvalue weighted by molar-refractivity contribution is 6.17. The second-order valence-corrected chi connectivity index (χ2v) is 9.66. The van der Waals surface area contributed by atoms with Crippen LogP contribution < -0.4 is 10.2 Å². The van der Waals surface area contributed by atoms with Gasteiger partial charge in [0.05, 0.1) is 16.9 Å². The summed E-state index contributed by atoms with van der Waals surface area (Å²) in [4.78, 5) is 37.4. The number of carbonyl (C=O) groups excluding carboxylic acids is 2. The first kappa shape index (κ1) is 25.3. The number of nitrogens with zero attached hydrogens (tertiary/aromatic N) is 4. The van der Waals surface area contributed by atoms with E-state index in [-0.39, 0.29) is 11.8 Å². The molecule has 2 aromatic rings. The Balaban J connectivity index is 1.39. The summed E-state index contributed by atoms with van der Waals surface area (Å²) in [5, 5.41) is 2.90. The summed E-state index contributed by atoms with van der Waals surface area (Å²) in [6, 6.07) is 10.8. The van der Waals surface area contributed by atoms with E-state index in [4.69, 9.17) is 0 Å². The van der Waals surface area contributed by atoms with Crippen LogP contribution in [0.15, 0.2) is 42.6 Å². The molecule has 4 rings (SSSR count). The van der Waals surface area contributed by atoms with Gasteiger partial charge in [-0.15, -0.1) is 0 Å². The van der Waals surface area contributed by atoms with E-state index in [0.29, 0.717) is 29.2 Å². The third-order valence-corrected chi connectivity index (χ3v) is 7.35. The van der Waals surface area contributed by atoms with Crippen molar-refractivity contribution in [2.24, 2.45) is 5.92 Å². The molecule has 2 amide bonds. The smallest absolute Gasteiger partial charge is 0.257 e. The fourth-order valence-corrected chi connectivity index (χ4v) is 5.32. The fraction of sp³-hybridized carbons (Fsp3) is 0.536. The molecule has 1 fully saturated rings. The Morgan fingerprint density at radius 3 is 2.80 bits per heavy atom. The maximum absolute atomic E-state index is 13.5. The fourth-order valence-electron chi connectivity index (χ4n) is 5.32. The minimum atomic E-state index is -0.217. The zero-order valence-electron chi connectivity index (χ0n) is 21.2. The van der Waals surface area contributed by atoms with Crippen molar-refractivity contribution < 1.29 is 9.59 Å². The molecule has 1 atom stereocenters. The zero-order chi connectivity index (χ0) is 24.6. The highest BCUT2D eigenvalue weighted by Gasteiger charge is 2.30. The molecule has 0 bridgehead atoms. The monoisotopic (exact) mass is 477 g/mol. The van der Waals surface area contributed by atoms with Crippen molar-refractivity contribution in [3.63, 3.8) is 0 Å². The Kier molecular flexibility index (Phi) is 8.88. The van der Waals surface area contributed by atoms with Gasteiger partial charge in [0.1, 0.15) is 0 Å². The van der Waals surface area contributed by atoms with Crippen LogP contribution in [0.1, 0.15) is 62.7 Å². The molecule has 0 aliphatic carbocycles. The number of fused-ring (bicyclic) bond motifs is 2. The van der Waals surface area contributed by atoms with E-state index in [1.807, 2.05) is 18.2 Å². The van der Waals surface area contributed by atoms with Crippen LogP contribution in [0.5, 0.6) is 0 Å². The summed E-state index contributed by atoms with van der Waals surface area (Å²) in [5.74, 6) is 0.980. The van der Waals surface area contributed by atoms with Crippen molar-refractivity contribution in [1.82, 2.24) is 14.8 Å². The number of hydrogen-bond acceptors (Lipinski definition) is 5. The topological polar surface area (TPSA) is 68.8 Å². The van der Waals surface area contributed by atoms with Crippen LogP contribution in [0.2, 0.25) is 0 Å². The van der Waals surface area contributed by atoms with Gasteiger partial charge >= 0.3 is 0 Å². The van der Waals surface area contributed by atoms with Gasteiger partial charge in [-0.05, 0) is 88.6 Å². The van der Waals surface area contributed by atoms with E-state index in [1.54, 1.807) is 29.3 Å². The number of likely N-dealkylation sites (tertiary alicyclic amines) is 1. The van der Waals surface area contributed by atoms with Gasteiger partial charge < -0.3 is 15.1 Å². The van der Waals surface area contributed by atoms with Crippen LogP contribution in [-0.2, 0) is 4.79 Å². The lowest BCUT2D eigenvalue weighted by atomic mass is 9.99. The van der Waals surface area contributed by atoms with Gasteiger partial charge in [0.25, 0.3) is 5.91 Å². The molecule has 7 heteroatoms. The number of para-hydroxylation sites is 1. The number of anilines is 3. The third-order valence-electron chi connectivity index (χ3n) is 7.35. The lowest BCUT2D eigenvalue weighted by Gasteiger charge is -2.27. The molecule has 2 aliphatic heterocycles. The molecule has 1 aromatic heterocycles. The van der Waals surface area contributed by atoms with Crippen LogP contribution in [0, 0.1) is 5.92 Å². The Hall–Kier alpha value is -2.77. The molecular formula is C28H39N5O2. The Morgan fingerprint density at radius 2 is 1.97 bits per heavy atom. The molecule has 1 N–H and O–H groups in total. The van der Waals surface area contributed by atoms with Crippen LogP contribution in [0.4, 0.5) is 17.2 Å². The van der Waals surface area contributed by atoms with Crippen molar-refractivity contribution in [3.05, 3.63) is 48.2 Å². The Bertz CT molecular complexity index is 1010. The van der Waals surface area contributed by atoms with Crippen LogP contribution in [0.25, 0.3) is 0 Å². The van der Waals surface area contributed by atoms with Gasteiger partial charge in [0, 0.05) is 19.2 Å². The van der Waals surface area contributed by atoms with Gasteiger partial charge in [-0.25, -0.2) is 4.98 Å². The van der Waals surface area contributed by atoms with E-state index in [0.717, 1.165) is 45.1 Å². The van der Waals surface area contributed by atoms with Crippen LogP contribution in [0.3, 0.4) is 0 Å². The molecule has 1 aromatic carbocycles. The third kappa shape index (κ3) is 6.27. The van der Waals surface area contributed by atoms with Gasteiger partial charge in [-0.2, -0.15) is 0 Å². The highest BCUT2D eigenvalue weighted by Crippen LogP contribution is 2.36. The highest BCUT2D eigenvalue weighted by atomic mass is 16.2. The SMILES string of the molecule is CCN(CC)CCC1CCCCN(CCCC(=O)N2c3ccccc3C(=O)Nc3cccnc32)C1. The van der Waals surface area contributed by atoms with Crippen LogP contribution in [-0.4, -0.2) is 65.9 Å². The minimum Gasteiger partial charge on any atom is -0.319 e. The summed E-state index contributed by atoms with van der Waals surface area (Å²) in [7, 11) is 0. The molecule has 1 unspecified atom stereocenters. The number of nitrogens with one attached hydrogen (secondary N) is 1. The maximum Gasteiger partial charge on any atom is 0.257 e. The second kappa shape index (κ2) is 12.3. The van der Waals surface area contributed by atoms with Gasteiger partial charge in [0.15, 0.2) is 5.82 Å². The van der Waals surface area contributed by atoms with E-state index in [2.05, 4.69) is 33.9 Å². The number of pyridine rings is 1. The van der Waals surface area contributed by atoms with Gasteiger partial charge in [-0.3, -0.25) is 14.5 Å². The summed E-state index contributed by atoms with van der Waals surface area (Å²) in [5.41, 5.74) is 1.65. The zero-order valence-corrected chi connectivity index (χ0v) is 21.2. The molecular weight excluding hydrogens is 438 g/mol. The summed E-state index contributed by atoms with van der Waals surface area (Å²) >= 11 is 0. The summed E-state index contributed by atoms with van der Waals surface area (Å²) in [6.07, 6.45) is 7.97. The van der Waals surface area contributed by atoms with E-state index in [1.165, 1.54) is 32.2 Å². The molecule has 3 heterocycles. The lowest BCUT2D eigenvalue weighted by molar-refractivity contribution is -0.118. The number of hydrogen-bond donors (Lipinski definition) is 1. The van der Waals surface area contributed by atoms with Crippen molar-refractivity contribution in [2.45, 2.75) is 52.4 Å². The first-order valence-corrected chi connectivity index (χ1v) is 13.2. The molecule has 1 saturated heterocycles. The van der Waals surface area contributed by atoms with Crippen LogP contribution >= 0.6 is 0 Å². The number of aromatic nitrogens is 1. The molecule has 2 aliphatic rings. The number of carbonyl (C=O) groups is 2. The number of benzene rings is 1. The molecule has 0 radical (unpaired) electrons. The largest absolute Gasteiger partial charge is 0.319 e. The lowest BCUT2D eigenvalue weighted by Crippen LogP contribution is -2.33. The van der Waals surface area contributed by atoms with Crippen molar-refractivity contribution in [3.8, 4) is 0 Å². The average molecular weight is 478 g/mol. The summed E-state index contributed by atoms with van der Waals surface area (Å²) in [6.45, 7) is 11.1. The Labute approximate surface area is 209 Å². The van der Waals surface area contributed by atoms with Crippen molar-refractivity contribution in [1.29, 1.82) is 0 Å². The number of rotatable bonds is 9. The molecule has 0 saturated carbocycles. The molecule has 35 heavy (non-hydrogen) atoms. The second-order valence-electron chi connectivity index (χ2n) is 9.66. The predicted octanol–water partition coefficient (Wildman–Crippen LogP) is 4.93. The number of amides is 2. The maximum atomic E-state index is 13.5. The molecule has 7 nitrogen and oxygen atoms in total. The van der Waals surface area contributed by atoms with Gasteiger partial charge in [0.2, 0.25) is 5.91 Å². The summed E-state index contributed by atoms with van der Waals surface area (Å²) < 4.78 is 0. The molecule has 188 valence electrons. The van der Waals surface area contributed by atoms with Gasteiger partial charge in [-0.1, -0.05) is 32.4 Å². The van der Waals surface area contributed by atoms with Crippen molar-refractivity contribution >= 4 is 29.0 Å². The van der Waals surface area contributed by atoms with Crippen molar-refractivity contribution in [2.75, 3.05) is 49.5 Å². The van der Waals surface area contributed by atoms with E-state index < -0.39 is 0 Å². The predicted molar refractivity (Wildman–Crippen MR) is 141 cm³/mol. The minimum absolute atomic E-state index is 0.0261. The first-order chi connectivity index (χ1) is 17.1. The quantitative estimate of drug-likeness (QED) is 0.555.